The highest BCUT2D eigenvalue weighted by Gasteiger charge is 2.05. The summed E-state index contributed by atoms with van der Waals surface area (Å²) < 4.78 is 2.19. The molecule has 4 nitrogen and oxygen atoms in total. The van der Waals surface area contributed by atoms with Crippen molar-refractivity contribution in [1.82, 2.24) is 4.57 Å². The molecule has 0 saturated heterocycles. The van der Waals surface area contributed by atoms with Crippen LogP contribution in [0.1, 0.15) is 15.9 Å². The van der Waals surface area contributed by atoms with E-state index in [-0.39, 0.29) is 11.1 Å². The topological polar surface area (TPSA) is 59.3 Å². The minimum Gasteiger partial charge on any atom is -0.478 e. The fourth-order valence-electron chi connectivity index (χ4n) is 1.63. The lowest BCUT2D eigenvalue weighted by Gasteiger charge is -2.08. The molecular weight excluding hydrogens is 298 g/mol. The van der Waals surface area contributed by atoms with Crippen LogP contribution in [0.5, 0.6) is 0 Å². The average molecular weight is 308 g/mol. The summed E-state index contributed by atoms with van der Waals surface area (Å²) in [7, 11) is 0. The first kappa shape index (κ1) is 12.6. The number of halogens is 1. The average Bonchev–Trinajstić information content (AvgIpc) is 2.34. The molecular formula is C13H10BrNO3. The standard InChI is InChI=1S/C13H10BrNO3/c14-11-5-2-6-12(16)15(11)8-9-3-1-4-10(7-9)13(17)18/h1-7H,8H2,(H,17,18). The second kappa shape index (κ2) is 5.18. The summed E-state index contributed by atoms with van der Waals surface area (Å²) in [6, 6.07) is 11.4. The SMILES string of the molecule is O=C(O)c1cccc(Cn2c(Br)cccc2=O)c1. The third-order valence-electron chi connectivity index (χ3n) is 2.51. The first-order chi connectivity index (χ1) is 8.58. The van der Waals surface area contributed by atoms with Gasteiger partial charge in [0.2, 0.25) is 0 Å². The predicted molar refractivity (Wildman–Crippen MR) is 70.9 cm³/mol. The molecule has 0 radical (unpaired) electrons. The first-order valence-corrected chi connectivity index (χ1v) is 6.05. The van der Waals surface area contributed by atoms with Gasteiger partial charge in [0.1, 0.15) is 0 Å². The Morgan fingerprint density at radius 2 is 1.94 bits per heavy atom. The van der Waals surface area contributed by atoms with Gasteiger partial charge in [0.15, 0.2) is 0 Å². The summed E-state index contributed by atoms with van der Waals surface area (Å²) in [6.45, 7) is 0.335. The zero-order chi connectivity index (χ0) is 13.1. The predicted octanol–water partition coefficient (Wildman–Crippen LogP) is 2.36. The van der Waals surface area contributed by atoms with Crippen LogP contribution in [0.25, 0.3) is 0 Å². The van der Waals surface area contributed by atoms with Crippen LogP contribution in [0.2, 0.25) is 0 Å². The van der Waals surface area contributed by atoms with E-state index in [2.05, 4.69) is 15.9 Å². The van der Waals surface area contributed by atoms with Gasteiger partial charge in [-0.15, -0.1) is 0 Å². The highest BCUT2D eigenvalue weighted by Crippen LogP contribution is 2.11. The molecule has 1 heterocycles. The third-order valence-corrected chi connectivity index (χ3v) is 3.20. The van der Waals surface area contributed by atoms with E-state index in [1.54, 1.807) is 30.3 Å². The molecule has 18 heavy (non-hydrogen) atoms. The number of carboxylic acid groups (broad SMARTS) is 1. The Kier molecular flexibility index (Phi) is 3.62. The molecule has 0 fully saturated rings. The maximum absolute atomic E-state index is 11.7. The zero-order valence-corrected chi connectivity index (χ0v) is 10.9. The van der Waals surface area contributed by atoms with Crippen molar-refractivity contribution in [3.8, 4) is 0 Å². The number of hydrogen-bond acceptors (Lipinski definition) is 2. The van der Waals surface area contributed by atoms with Crippen LogP contribution in [0.3, 0.4) is 0 Å². The van der Waals surface area contributed by atoms with Gasteiger partial charge < -0.3 is 5.11 Å². The normalized spacial score (nSPS) is 10.3. The Bertz CT molecular complexity index is 649. The second-order valence-corrected chi connectivity index (χ2v) is 4.59. The smallest absolute Gasteiger partial charge is 0.335 e. The number of aromatic carboxylic acids is 1. The van der Waals surface area contributed by atoms with E-state index in [0.717, 1.165) is 5.56 Å². The Balaban J connectivity index is 2.37. The van der Waals surface area contributed by atoms with Crippen LogP contribution in [-0.2, 0) is 6.54 Å². The van der Waals surface area contributed by atoms with Gasteiger partial charge in [-0.1, -0.05) is 18.2 Å². The Hall–Kier alpha value is -1.88. The van der Waals surface area contributed by atoms with E-state index in [1.807, 2.05) is 0 Å². The highest BCUT2D eigenvalue weighted by molar-refractivity contribution is 9.10. The molecule has 0 saturated carbocycles. The van der Waals surface area contributed by atoms with Crippen molar-refractivity contribution in [3.63, 3.8) is 0 Å². The highest BCUT2D eigenvalue weighted by atomic mass is 79.9. The number of rotatable bonds is 3. The number of pyridine rings is 1. The van der Waals surface area contributed by atoms with Gasteiger partial charge in [0.25, 0.3) is 5.56 Å². The minimum absolute atomic E-state index is 0.134. The van der Waals surface area contributed by atoms with Crippen LogP contribution in [0.15, 0.2) is 51.9 Å². The van der Waals surface area contributed by atoms with Crippen molar-refractivity contribution >= 4 is 21.9 Å². The molecule has 0 unspecified atom stereocenters. The van der Waals surface area contributed by atoms with Crippen molar-refractivity contribution in [3.05, 3.63) is 68.5 Å². The van der Waals surface area contributed by atoms with Gasteiger partial charge in [-0.25, -0.2) is 4.79 Å². The molecule has 0 amide bonds. The summed E-state index contributed by atoms with van der Waals surface area (Å²) in [5.74, 6) is -0.976. The van der Waals surface area contributed by atoms with Crippen LogP contribution in [0.4, 0.5) is 0 Å². The largest absolute Gasteiger partial charge is 0.478 e. The molecule has 2 rings (SSSR count). The molecule has 1 aromatic heterocycles. The lowest BCUT2D eigenvalue weighted by atomic mass is 10.1. The number of benzene rings is 1. The van der Waals surface area contributed by atoms with Crippen LogP contribution in [0, 0.1) is 0 Å². The van der Waals surface area contributed by atoms with E-state index in [0.29, 0.717) is 11.1 Å². The summed E-state index contributed by atoms with van der Waals surface area (Å²) in [6.07, 6.45) is 0. The summed E-state index contributed by atoms with van der Waals surface area (Å²) in [5.41, 5.74) is 0.849. The second-order valence-electron chi connectivity index (χ2n) is 3.78. The van der Waals surface area contributed by atoms with Crippen molar-refractivity contribution < 1.29 is 9.90 Å². The Labute approximate surface area is 112 Å². The number of aromatic nitrogens is 1. The van der Waals surface area contributed by atoms with Gasteiger partial charge in [0, 0.05) is 6.07 Å². The number of nitrogens with zero attached hydrogens (tertiary/aromatic N) is 1. The lowest BCUT2D eigenvalue weighted by Crippen LogP contribution is -2.20. The quantitative estimate of drug-likeness (QED) is 0.886. The molecule has 0 atom stereocenters. The number of carbonyl (C=O) groups is 1. The molecule has 0 spiro atoms. The third kappa shape index (κ3) is 2.68. The van der Waals surface area contributed by atoms with Gasteiger partial charge >= 0.3 is 5.97 Å². The van der Waals surface area contributed by atoms with Crippen molar-refractivity contribution in [2.45, 2.75) is 6.54 Å². The van der Waals surface area contributed by atoms with Crippen LogP contribution in [-0.4, -0.2) is 15.6 Å². The molecule has 2 aromatic rings. The van der Waals surface area contributed by atoms with E-state index in [9.17, 15) is 9.59 Å². The van der Waals surface area contributed by atoms with E-state index in [1.165, 1.54) is 16.7 Å². The summed E-state index contributed by atoms with van der Waals surface area (Å²) in [5, 5.41) is 8.91. The summed E-state index contributed by atoms with van der Waals surface area (Å²) >= 11 is 3.30. The molecule has 1 aromatic carbocycles. The monoisotopic (exact) mass is 307 g/mol. The van der Waals surface area contributed by atoms with Gasteiger partial charge in [-0.3, -0.25) is 9.36 Å². The maximum Gasteiger partial charge on any atom is 0.335 e. The molecule has 0 bridgehead atoms. The molecule has 92 valence electrons. The van der Waals surface area contributed by atoms with E-state index >= 15 is 0 Å². The molecule has 1 N–H and O–H groups in total. The van der Waals surface area contributed by atoms with E-state index in [4.69, 9.17) is 5.11 Å². The van der Waals surface area contributed by atoms with Crippen molar-refractivity contribution in [2.75, 3.05) is 0 Å². The molecule has 0 aliphatic carbocycles. The van der Waals surface area contributed by atoms with Gasteiger partial charge in [-0.2, -0.15) is 0 Å². The molecule has 0 aliphatic rings. The minimum atomic E-state index is -0.976. The van der Waals surface area contributed by atoms with Gasteiger partial charge in [0.05, 0.1) is 16.7 Å². The fraction of sp³-hybridized carbons (Fsp3) is 0.0769. The number of hydrogen-bond donors (Lipinski definition) is 1. The molecule has 0 aliphatic heterocycles. The molecule has 5 heteroatoms. The number of carboxylic acids is 1. The fourth-order valence-corrected chi connectivity index (χ4v) is 2.09. The van der Waals surface area contributed by atoms with Crippen LogP contribution >= 0.6 is 15.9 Å². The first-order valence-electron chi connectivity index (χ1n) is 5.25. The van der Waals surface area contributed by atoms with Crippen LogP contribution < -0.4 is 5.56 Å². The van der Waals surface area contributed by atoms with Gasteiger partial charge in [-0.05, 0) is 39.7 Å². The Morgan fingerprint density at radius 3 is 2.61 bits per heavy atom. The van der Waals surface area contributed by atoms with Crippen molar-refractivity contribution in [1.29, 1.82) is 0 Å². The Morgan fingerprint density at radius 1 is 1.22 bits per heavy atom. The maximum atomic E-state index is 11.7. The van der Waals surface area contributed by atoms with Crippen molar-refractivity contribution in [2.24, 2.45) is 0 Å². The van der Waals surface area contributed by atoms with E-state index < -0.39 is 5.97 Å². The lowest BCUT2D eigenvalue weighted by molar-refractivity contribution is 0.0696. The summed E-state index contributed by atoms with van der Waals surface area (Å²) in [4.78, 5) is 22.5. The zero-order valence-electron chi connectivity index (χ0n) is 9.34.